The van der Waals surface area contributed by atoms with Crippen LogP contribution >= 0.6 is 0 Å². The van der Waals surface area contributed by atoms with Crippen LogP contribution in [0.4, 0.5) is 0 Å². The number of carboxylic acid groups (broad SMARTS) is 1. The van der Waals surface area contributed by atoms with E-state index in [-0.39, 0.29) is 23.2 Å². The van der Waals surface area contributed by atoms with E-state index in [9.17, 15) is 9.59 Å². The van der Waals surface area contributed by atoms with E-state index >= 15 is 0 Å². The Balaban J connectivity index is 4.73. The number of rotatable bonds is 5. The summed E-state index contributed by atoms with van der Waals surface area (Å²) in [5, 5.41) is 11.7. The summed E-state index contributed by atoms with van der Waals surface area (Å²) in [6, 6.07) is -1.04. The van der Waals surface area contributed by atoms with E-state index in [1.807, 2.05) is 41.5 Å². The molecule has 0 aromatic heterocycles. The van der Waals surface area contributed by atoms with Gasteiger partial charge in [-0.25, -0.2) is 0 Å². The summed E-state index contributed by atoms with van der Waals surface area (Å²) in [5.41, 5.74) is 5.47. The SMILES string of the molecule is CC(C)(C)CC(CC(=O)O)NC(=O)C(N)C(C)(C)C. The number of nitrogens with one attached hydrogen (secondary N) is 1. The molecule has 2 unspecified atom stereocenters. The summed E-state index contributed by atoms with van der Waals surface area (Å²) in [6.45, 7) is 11.7. The summed E-state index contributed by atoms with van der Waals surface area (Å²) in [4.78, 5) is 22.9. The lowest BCUT2D eigenvalue weighted by atomic mass is 9.85. The van der Waals surface area contributed by atoms with Gasteiger partial charge in [0, 0.05) is 6.04 Å². The van der Waals surface area contributed by atoms with Crippen molar-refractivity contribution in [1.29, 1.82) is 0 Å². The first kappa shape index (κ1) is 17.9. The summed E-state index contributed by atoms with van der Waals surface area (Å²) < 4.78 is 0. The van der Waals surface area contributed by atoms with Gasteiger partial charge in [-0.1, -0.05) is 41.5 Å². The topological polar surface area (TPSA) is 92.4 Å². The van der Waals surface area contributed by atoms with E-state index in [0.29, 0.717) is 6.42 Å². The van der Waals surface area contributed by atoms with Crippen molar-refractivity contribution < 1.29 is 14.7 Å². The van der Waals surface area contributed by atoms with Crippen molar-refractivity contribution in [2.75, 3.05) is 0 Å². The quantitative estimate of drug-likeness (QED) is 0.711. The van der Waals surface area contributed by atoms with Crippen LogP contribution in [-0.2, 0) is 9.59 Å². The third-order valence-corrected chi connectivity index (χ3v) is 2.84. The molecule has 0 fully saturated rings. The Morgan fingerprint density at radius 2 is 1.63 bits per heavy atom. The fraction of sp³-hybridized carbons (Fsp3) is 0.857. The van der Waals surface area contributed by atoms with E-state index in [0.717, 1.165) is 0 Å². The van der Waals surface area contributed by atoms with Crippen LogP contribution in [0.15, 0.2) is 0 Å². The van der Waals surface area contributed by atoms with Crippen molar-refractivity contribution in [3.63, 3.8) is 0 Å². The van der Waals surface area contributed by atoms with Crippen molar-refractivity contribution in [3.05, 3.63) is 0 Å². The minimum Gasteiger partial charge on any atom is -0.481 e. The van der Waals surface area contributed by atoms with Crippen molar-refractivity contribution in [1.82, 2.24) is 5.32 Å². The highest BCUT2D eigenvalue weighted by molar-refractivity contribution is 5.83. The number of carbonyl (C=O) groups is 2. The van der Waals surface area contributed by atoms with Gasteiger partial charge in [-0.05, 0) is 17.3 Å². The van der Waals surface area contributed by atoms with E-state index in [4.69, 9.17) is 10.8 Å². The van der Waals surface area contributed by atoms with E-state index in [2.05, 4.69) is 5.32 Å². The van der Waals surface area contributed by atoms with Gasteiger partial charge in [0.05, 0.1) is 12.5 Å². The van der Waals surface area contributed by atoms with Gasteiger partial charge in [0.25, 0.3) is 0 Å². The second-order valence-corrected chi connectivity index (χ2v) is 7.41. The minimum atomic E-state index is -0.918. The van der Waals surface area contributed by atoms with Gasteiger partial charge in [-0.2, -0.15) is 0 Å². The molecule has 0 rings (SSSR count). The van der Waals surface area contributed by atoms with Crippen LogP contribution in [-0.4, -0.2) is 29.1 Å². The van der Waals surface area contributed by atoms with E-state index < -0.39 is 18.1 Å². The monoisotopic (exact) mass is 272 g/mol. The summed E-state index contributed by atoms with van der Waals surface area (Å²) in [7, 11) is 0. The Kier molecular flexibility index (Phi) is 6.00. The molecule has 0 aliphatic carbocycles. The van der Waals surface area contributed by atoms with Crippen LogP contribution < -0.4 is 11.1 Å². The minimum absolute atomic E-state index is 0.0563. The average Bonchev–Trinajstić information content (AvgIpc) is 2.10. The first-order chi connectivity index (χ1) is 8.33. The molecule has 0 radical (unpaired) electrons. The fourth-order valence-electron chi connectivity index (χ4n) is 1.81. The van der Waals surface area contributed by atoms with Crippen LogP contribution in [0.1, 0.15) is 54.4 Å². The molecule has 0 spiro atoms. The molecule has 112 valence electrons. The Labute approximate surface area is 115 Å². The van der Waals surface area contributed by atoms with Gasteiger partial charge >= 0.3 is 5.97 Å². The Morgan fingerprint density at radius 3 is 1.95 bits per heavy atom. The average molecular weight is 272 g/mol. The number of carbonyl (C=O) groups excluding carboxylic acids is 1. The van der Waals surface area contributed by atoms with Gasteiger partial charge in [-0.3, -0.25) is 9.59 Å². The standard InChI is InChI=1S/C14H28N2O3/c1-13(2,3)8-9(7-10(17)18)16-12(19)11(15)14(4,5)6/h9,11H,7-8,15H2,1-6H3,(H,16,19)(H,17,18). The summed E-state index contributed by atoms with van der Waals surface area (Å²) in [6.07, 6.45) is 0.516. The third kappa shape index (κ3) is 7.82. The zero-order valence-corrected chi connectivity index (χ0v) is 12.9. The molecule has 0 aromatic carbocycles. The number of hydrogen-bond acceptors (Lipinski definition) is 3. The van der Waals surface area contributed by atoms with Crippen LogP contribution in [0.5, 0.6) is 0 Å². The van der Waals surface area contributed by atoms with Crippen molar-refractivity contribution >= 4 is 11.9 Å². The van der Waals surface area contributed by atoms with Gasteiger partial charge in [-0.15, -0.1) is 0 Å². The normalized spacial score (nSPS) is 15.7. The highest BCUT2D eigenvalue weighted by atomic mass is 16.4. The first-order valence-corrected chi connectivity index (χ1v) is 6.60. The highest BCUT2D eigenvalue weighted by Gasteiger charge is 2.30. The van der Waals surface area contributed by atoms with Crippen molar-refractivity contribution in [3.8, 4) is 0 Å². The second-order valence-electron chi connectivity index (χ2n) is 7.41. The van der Waals surface area contributed by atoms with Crippen LogP contribution in [0.25, 0.3) is 0 Å². The van der Waals surface area contributed by atoms with Gasteiger partial charge in [0.1, 0.15) is 0 Å². The predicted octanol–water partition coefficient (Wildman–Crippen LogP) is 1.76. The van der Waals surface area contributed by atoms with Crippen LogP contribution in [0.2, 0.25) is 0 Å². The van der Waals surface area contributed by atoms with Crippen LogP contribution in [0.3, 0.4) is 0 Å². The molecule has 0 aromatic rings. The maximum absolute atomic E-state index is 12.0. The molecule has 4 N–H and O–H groups in total. The maximum Gasteiger partial charge on any atom is 0.305 e. The van der Waals surface area contributed by atoms with Crippen molar-refractivity contribution in [2.24, 2.45) is 16.6 Å². The number of hydrogen-bond donors (Lipinski definition) is 3. The molecule has 0 bridgehead atoms. The van der Waals surface area contributed by atoms with E-state index in [1.54, 1.807) is 0 Å². The lowest BCUT2D eigenvalue weighted by Gasteiger charge is -2.30. The largest absolute Gasteiger partial charge is 0.481 e. The first-order valence-electron chi connectivity index (χ1n) is 6.60. The smallest absolute Gasteiger partial charge is 0.305 e. The van der Waals surface area contributed by atoms with Gasteiger partial charge < -0.3 is 16.2 Å². The number of aliphatic carboxylic acids is 1. The molecular weight excluding hydrogens is 244 g/mol. The zero-order chi connectivity index (χ0) is 15.4. The zero-order valence-electron chi connectivity index (χ0n) is 12.9. The maximum atomic E-state index is 12.0. The lowest BCUT2D eigenvalue weighted by molar-refractivity contribution is -0.138. The molecule has 0 saturated heterocycles. The summed E-state index contributed by atoms with van der Waals surface area (Å²) in [5.74, 6) is -1.21. The highest BCUT2D eigenvalue weighted by Crippen LogP contribution is 2.23. The molecule has 0 heterocycles. The van der Waals surface area contributed by atoms with Gasteiger partial charge in [0.2, 0.25) is 5.91 Å². The molecule has 0 aliphatic heterocycles. The van der Waals surface area contributed by atoms with Crippen molar-refractivity contribution in [2.45, 2.75) is 66.5 Å². The lowest BCUT2D eigenvalue weighted by Crippen LogP contribution is -2.52. The van der Waals surface area contributed by atoms with E-state index in [1.165, 1.54) is 0 Å². The number of carboxylic acids is 1. The number of amides is 1. The molecule has 19 heavy (non-hydrogen) atoms. The molecule has 0 aliphatic rings. The number of nitrogens with two attached hydrogens (primary N) is 1. The third-order valence-electron chi connectivity index (χ3n) is 2.84. The molecular formula is C14H28N2O3. The predicted molar refractivity (Wildman–Crippen MR) is 75.7 cm³/mol. The molecule has 5 heteroatoms. The summed E-state index contributed by atoms with van der Waals surface area (Å²) >= 11 is 0. The Morgan fingerprint density at radius 1 is 1.16 bits per heavy atom. The molecule has 5 nitrogen and oxygen atoms in total. The van der Waals surface area contributed by atoms with Crippen LogP contribution in [0, 0.1) is 10.8 Å². The molecule has 2 atom stereocenters. The molecule has 0 saturated carbocycles. The Bertz CT molecular complexity index is 327. The molecule has 1 amide bonds. The second kappa shape index (κ2) is 6.37. The fourth-order valence-corrected chi connectivity index (χ4v) is 1.81. The Hall–Kier alpha value is -1.10. The van der Waals surface area contributed by atoms with Gasteiger partial charge in [0.15, 0.2) is 0 Å².